The monoisotopic (exact) mass is 408 g/mol. The Balaban J connectivity index is 2.05. The zero-order valence-corrected chi connectivity index (χ0v) is 16.5. The second-order valence-electron chi connectivity index (χ2n) is 6.92. The summed E-state index contributed by atoms with van der Waals surface area (Å²) in [5, 5.41) is 20.9. The largest absolute Gasteiger partial charge is 0.283 e. The molecule has 0 radical (unpaired) electrons. The molecule has 0 N–H and O–H groups in total. The Kier molecular flexibility index (Phi) is 5.12. The third-order valence-corrected chi connectivity index (χ3v) is 4.98. The fourth-order valence-corrected chi connectivity index (χ4v) is 3.40. The number of nitro benzene ring substituents is 1. The van der Waals surface area contributed by atoms with Gasteiger partial charge in [0.2, 0.25) is 0 Å². The first-order valence-electron chi connectivity index (χ1n) is 9.42. The molecule has 0 saturated heterocycles. The summed E-state index contributed by atoms with van der Waals surface area (Å²) in [5.41, 5.74) is 2.83. The number of nitro groups is 1. The number of benzene rings is 2. The van der Waals surface area contributed by atoms with Gasteiger partial charge < -0.3 is 0 Å². The maximum absolute atomic E-state index is 13.5. The summed E-state index contributed by atoms with van der Waals surface area (Å²) < 4.78 is 1.36. The molecule has 150 valence electrons. The van der Waals surface area contributed by atoms with E-state index in [1.807, 2.05) is 12.1 Å². The molecule has 0 bridgehead atoms. The van der Waals surface area contributed by atoms with Gasteiger partial charge in [-0.2, -0.15) is 5.26 Å². The number of nitriles is 1. The van der Waals surface area contributed by atoms with Crippen LogP contribution in [0, 0.1) is 28.4 Å². The van der Waals surface area contributed by atoms with Crippen LogP contribution in [-0.4, -0.2) is 14.5 Å². The highest BCUT2D eigenvalue weighted by molar-refractivity contribution is 5.75. The van der Waals surface area contributed by atoms with Gasteiger partial charge in [0, 0.05) is 40.7 Å². The molecular formula is C24H16N4O3. The quantitative estimate of drug-likeness (QED) is 0.361. The lowest BCUT2D eigenvalue weighted by atomic mass is 9.99. The smallest absolute Gasteiger partial charge is 0.274 e. The Hall–Kier alpha value is -4.57. The molecule has 2 aromatic carbocycles. The normalized spacial score (nSPS) is 10.5. The van der Waals surface area contributed by atoms with Crippen LogP contribution in [0.15, 0.2) is 83.9 Å². The Morgan fingerprint density at radius 3 is 2.52 bits per heavy atom. The summed E-state index contributed by atoms with van der Waals surface area (Å²) in [6.45, 7) is 1.64. The number of rotatable bonds is 4. The van der Waals surface area contributed by atoms with E-state index in [-0.39, 0.29) is 11.2 Å². The third kappa shape index (κ3) is 3.70. The molecule has 7 nitrogen and oxygen atoms in total. The minimum atomic E-state index is -0.474. The topological polar surface area (TPSA) is 102 Å². The fraction of sp³-hybridized carbons (Fsp3) is 0.0417. The van der Waals surface area contributed by atoms with Crippen molar-refractivity contribution in [3.05, 3.63) is 111 Å². The summed E-state index contributed by atoms with van der Waals surface area (Å²) in [5.74, 6) is 0. The number of hydrogen-bond acceptors (Lipinski definition) is 5. The molecule has 0 unspecified atom stereocenters. The van der Waals surface area contributed by atoms with E-state index in [4.69, 9.17) is 0 Å². The maximum atomic E-state index is 13.5. The van der Waals surface area contributed by atoms with Gasteiger partial charge >= 0.3 is 0 Å². The summed E-state index contributed by atoms with van der Waals surface area (Å²) in [6, 6.07) is 20.7. The van der Waals surface area contributed by atoms with Crippen molar-refractivity contribution in [2.45, 2.75) is 6.92 Å². The van der Waals surface area contributed by atoms with E-state index in [0.29, 0.717) is 39.2 Å². The van der Waals surface area contributed by atoms with E-state index in [0.717, 1.165) is 0 Å². The lowest BCUT2D eigenvalue weighted by Gasteiger charge is -2.13. The average molecular weight is 408 g/mol. The highest BCUT2D eigenvalue weighted by atomic mass is 16.6. The standard InChI is InChI=1S/C24H16N4O3/c1-16-9-10-19(13-23(16)28(30)31)27-15-18(22-8-4-5-11-26-22)12-21(24(27)29)20-7-3-2-6-17(20)14-25/h2-13,15H,1H3. The van der Waals surface area contributed by atoms with Crippen LogP contribution in [0.1, 0.15) is 11.1 Å². The van der Waals surface area contributed by atoms with E-state index in [1.165, 1.54) is 10.6 Å². The molecule has 0 amide bonds. The third-order valence-electron chi connectivity index (χ3n) is 4.98. The summed E-state index contributed by atoms with van der Waals surface area (Å²) in [6.07, 6.45) is 3.25. The number of nitrogens with zero attached hydrogens (tertiary/aromatic N) is 4. The number of aromatic nitrogens is 2. The van der Waals surface area contributed by atoms with Crippen LogP contribution in [0.2, 0.25) is 0 Å². The van der Waals surface area contributed by atoms with E-state index >= 15 is 0 Å². The SMILES string of the molecule is Cc1ccc(-n2cc(-c3ccccn3)cc(-c3ccccc3C#N)c2=O)cc1[N+](=O)[O-]. The maximum Gasteiger partial charge on any atom is 0.274 e. The summed E-state index contributed by atoms with van der Waals surface area (Å²) in [7, 11) is 0. The Labute approximate surface area is 177 Å². The average Bonchev–Trinajstić information content (AvgIpc) is 2.80. The predicted octanol–water partition coefficient (Wildman–Crippen LogP) is 4.65. The van der Waals surface area contributed by atoms with Crippen molar-refractivity contribution in [1.82, 2.24) is 9.55 Å². The number of hydrogen-bond donors (Lipinski definition) is 0. The van der Waals surface area contributed by atoms with Gasteiger partial charge in [0.15, 0.2) is 0 Å². The van der Waals surface area contributed by atoms with Gasteiger partial charge in [-0.25, -0.2) is 0 Å². The van der Waals surface area contributed by atoms with Gasteiger partial charge in [-0.1, -0.05) is 30.3 Å². The first-order valence-corrected chi connectivity index (χ1v) is 9.42. The van der Waals surface area contributed by atoms with Crippen molar-refractivity contribution in [3.63, 3.8) is 0 Å². The van der Waals surface area contributed by atoms with Gasteiger partial charge in [-0.3, -0.25) is 24.5 Å². The van der Waals surface area contributed by atoms with Crippen LogP contribution in [-0.2, 0) is 0 Å². The Bertz CT molecular complexity index is 1400. The molecule has 0 saturated carbocycles. The van der Waals surface area contributed by atoms with Crippen molar-refractivity contribution >= 4 is 5.69 Å². The van der Waals surface area contributed by atoms with Gasteiger partial charge in [0.25, 0.3) is 11.2 Å². The Morgan fingerprint density at radius 2 is 1.81 bits per heavy atom. The highest BCUT2D eigenvalue weighted by Gasteiger charge is 2.17. The van der Waals surface area contributed by atoms with Crippen molar-refractivity contribution in [2.75, 3.05) is 0 Å². The van der Waals surface area contributed by atoms with Crippen molar-refractivity contribution in [3.8, 4) is 34.1 Å². The molecule has 0 aliphatic rings. The van der Waals surface area contributed by atoms with Crippen molar-refractivity contribution in [2.24, 2.45) is 0 Å². The zero-order valence-electron chi connectivity index (χ0n) is 16.5. The zero-order chi connectivity index (χ0) is 22.0. The van der Waals surface area contributed by atoms with E-state index in [1.54, 1.807) is 67.8 Å². The molecule has 7 heteroatoms. The minimum Gasteiger partial charge on any atom is -0.283 e. The first-order chi connectivity index (χ1) is 15.0. The lowest BCUT2D eigenvalue weighted by molar-refractivity contribution is -0.385. The van der Waals surface area contributed by atoms with Crippen molar-refractivity contribution < 1.29 is 4.92 Å². The van der Waals surface area contributed by atoms with Crippen molar-refractivity contribution in [1.29, 1.82) is 5.26 Å². The van der Waals surface area contributed by atoms with E-state index < -0.39 is 4.92 Å². The summed E-state index contributed by atoms with van der Waals surface area (Å²) in [4.78, 5) is 28.8. The predicted molar refractivity (Wildman–Crippen MR) is 117 cm³/mol. The van der Waals surface area contributed by atoms with Crippen LogP contribution >= 0.6 is 0 Å². The van der Waals surface area contributed by atoms with Gasteiger partial charge in [-0.15, -0.1) is 0 Å². The molecular weight excluding hydrogens is 392 g/mol. The van der Waals surface area contributed by atoms with E-state index in [2.05, 4.69) is 11.1 Å². The molecule has 4 rings (SSSR count). The van der Waals surface area contributed by atoms with Crippen LogP contribution in [0.4, 0.5) is 5.69 Å². The molecule has 31 heavy (non-hydrogen) atoms. The molecule has 4 aromatic rings. The Morgan fingerprint density at radius 1 is 1.03 bits per heavy atom. The van der Waals surface area contributed by atoms with Gasteiger partial charge in [0.05, 0.1) is 27.9 Å². The van der Waals surface area contributed by atoms with Crippen LogP contribution in [0.3, 0.4) is 0 Å². The molecule has 0 aliphatic carbocycles. The van der Waals surface area contributed by atoms with Crippen LogP contribution in [0.5, 0.6) is 0 Å². The molecule has 0 atom stereocenters. The molecule has 0 spiro atoms. The second kappa shape index (κ2) is 8.05. The highest BCUT2D eigenvalue weighted by Crippen LogP contribution is 2.27. The van der Waals surface area contributed by atoms with Gasteiger partial charge in [-0.05, 0) is 37.3 Å². The van der Waals surface area contributed by atoms with Crippen LogP contribution < -0.4 is 5.56 Å². The molecule has 0 aliphatic heterocycles. The van der Waals surface area contributed by atoms with E-state index in [9.17, 15) is 20.2 Å². The second-order valence-corrected chi connectivity index (χ2v) is 6.92. The molecule has 2 heterocycles. The number of pyridine rings is 2. The minimum absolute atomic E-state index is 0.0772. The number of aryl methyl sites for hydroxylation is 1. The lowest BCUT2D eigenvalue weighted by Crippen LogP contribution is -2.20. The summed E-state index contributed by atoms with van der Waals surface area (Å²) >= 11 is 0. The molecule has 2 aromatic heterocycles. The molecule has 0 fully saturated rings. The fourth-order valence-electron chi connectivity index (χ4n) is 3.40. The van der Waals surface area contributed by atoms with Crippen LogP contribution in [0.25, 0.3) is 28.1 Å². The first kappa shape index (κ1) is 19.7. The van der Waals surface area contributed by atoms with Gasteiger partial charge in [0.1, 0.15) is 0 Å².